The summed E-state index contributed by atoms with van der Waals surface area (Å²) < 4.78 is 16.7. The summed E-state index contributed by atoms with van der Waals surface area (Å²) in [5.74, 6) is -3.82. The SMILES string of the molecule is CN(C(=O)OC(C)(C)C)[C@H](Cc1ccc(Br)cc1Cl)CC1C(=O)OC(C)(C)OC1=O. The molecule has 0 unspecified atom stereocenters. The van der Waals surface area contributed by atoms with Gasteiger partial charge in [-0.05, 0) is 51.3 Å². The first-order chi connectivity index (χ1) is 13.7. The highest BCUT2D eigenvalue weighted by Gasteiger charge is 2.45. The van der Waals surface area contributed by atoms with Crippen LogP contribution in [0.1, 0.15) is 46.6 Å². The van der Waals surface area contributed by atoms with Crippen LogP contribution in [0.3, 0.4) is 0 Å². The molecular weight excluding hydrogens is 478 g/mol. The number of esters is 2. The molecule has 9 heteroatoms. The van der Waals surface area contributed by atoms with E-state index in [9.17, 15) is 14.4 Å². The van der Waals surface area contributed by atoms with Crippen LogP contribution in [0.4, 0.5) is 4.79 Å². The highest BCUT2D eigenvalue weighted by Crippen LogP contribution is 2.30. The Morgan fingerprint density at radius 1 is 1.27 bits per heavy atom. The van der Waals surface area contributed by atoms with Crippen molar-refractivity contribution in [3.05, 3.63) is 33.3 Å². The molecule has 0 N–H and O–H groups in total. The molecule has 0 radical (unpaired) electrons. The van der Waals surface area contributed by atoms with Crippen LogP contribution in [-0.4, -0.2) is 47.4 Å². The van der Waals surface area contributed by atoms with Crippen molar-refractivity contribution in [2.75, 3.05) is 7.05 Å². The molecule has 0 spiro atoms. The third-order valence-electron chi connectivity index (χ3n) is 4.47. The lowest BCUT2D eigenvalue weighted by atomic mass is 9.93. The Morgan fingerprint density at radius 2 is 1.83 bits per heavy atom. The van der Waals surface area contributed by atoms with Crippen molar-refractivity contribution in [3.63, 3.8) is 0 Å². The zero-order chi connectivity index (χ0) is 22.9. The molecule has 1 aliphatic heterocycles. The van der Waals surface area contributed by atoms with E-state index in [0.29, 0.717) is 11.4 Å². The molecule has 0 bridgehead atoms. The number of nitrogens with zero attached hydrogens (tertiary/aromatic N) is 1. The molecule has 1 fully saturated rings. The molecular formula is C21H27BrClNO6. The second-order valence-corrected chi connectivity index (χ2v) is 10.0. The maximum atomic E-state index is 12.7. The normalized spacial score (nSPS) is 17.7. The minimum Gasteiger partial charge on any atom is -0.444 e. The standard InChI is InChI=1S/C21H27BrClNO6/c1-20(2,3)30-19(27)24(6)14(9-12-7-8-13(22)10-16(12)23)11-15-17(25)28-21(4,5)29-18(15)26/h7-8,10,14-15H,9,11H2,1-6H3/t14-/m1/s1. The highest BCUT2D eigenvalue weighted by molar-refractivity contribution is 9.10. The fourth-order valence-electron chi connectivity index (χ4n) is 3.01. The summed E-state index contributed by atoms with van der Waals surface area (Å²) in [5.41, 5.74) is 0.0656. The number of cyclic esters (lactones) is 2. The van der Waals surface area contributed by atoms with Crippen LogP contribution in [0.25, 0.3) is 0 Å². The number of benzene rings is 1. The Labute approximate surface area is 190 Å². The van der Waals surface area contributed by atoms with Gasteiger partial charge in [0, 0.05) is 36.4 Å². The van der Waals surface area contributed by atoms with Gasteiger partial charge >= 0.3 is 18.0 Å². The fraction of sp³-hybridized carbons (Fsp3) is 0.571. The molecule has 1 atom stereocenters. The topological polar surface area (TPSA) is 82.1 Å². The van der Waals surface area contributed by atoms with Gasteiger partial charge in [0.05, 0.1) is 0 Å². The summed E-state index contributed by atoms with van der Waals surface area (Å²) in [4.78, 5) is 38.9. The van der Waals surface area contributed by atoms with Gasteiger partial charge in [-0.2, -0.15) is 0 Å². The first-order valence-corrected chi connectivity index (χ1v) is 10.7. The Hall–Kier alpha value is -1.80. The third-order valence-corrected chi connectivity index (χ3v) is 5.31. The molecule has 30 heavy (non-hydrogen) atoms. The van der Waals surface area contributed by atoms with E-state index in [4.69, 9.17) is 25.8 Å². The van der Waals surface area contributed by atoms with Gasteiger partial charge in [-0.1, -0.05) is 33.6 Å². The van der Waals surface area contributed by atoms with Gasteiger partial charge in [0.15, 0.2) is 5.92 Å². The smallest absolute Gasteiger partial charge is 0.410 e. The van der Waals surface area contributed by atoms with Crippen LogP contribution < -0.4 is 0 Å². The predicted molar refractivity (Wildman–Crippen MR) is 115 cm³/mol. The minimum absolute atomic E-state index is 0.00980. The summed E-state index contributed by atoms with van der Waals surface area (Å²) in [6.07, 6.45) is -0.253. The number of halogens is 2. The van der Waals surface area contributed by atoms with Crippen molar-refractivity contribution in [1.82, 2.24) is 4.90 Å². The van der Waals surface area contributed by atoms with Gasteiger partial charge in [-0.25, -0.2) is 4.79 Å². The van der Waals surface area contributed by atoms with Crippen LogP contribution in [-0.2, 0) is 30.2 Å². The van der Waals surface area contributed by atoms with Gasteiger partial charge in [0.1, 0.15) is 5.60 Å². The number of likely N-dealkylation sites (N-methyl/N-ethyl adjacent to an activating group) is 1. The Kier molecular flexibility index (Phi) is 7.45. The average Bonchev–Trinajstić information content (AvgIpc) is 2.55. The lowest BCUT2D eigenvalue weighted by Gasteiger charge is -2.36. The molecule has 1 heterocycles. The van der Waals surface area contributed by atoms with Crippen molar-refractivity contribution in [2.24, 2.45) is 5.92 Å². The van der Waals surface area contributed by atoms with Crippen LogP contribution in [0.5, 0.6) is 0 Å². The van der Waals surface area contributed by atoms with E-state index in [2.05, 4.69) is 15.9 Å². The molecule has 2 rings (SSSR count). The van der Waals surface area contributed by atoms with Gasteiger partial charge in [0.2, 0.25) is 0 Å². The van der Waals surface area contributed by atoms with Crippen LogP contribution in [0, 0.1) is 5.92 Å². The lowest BCUT2D eigenvalue weighted by Crippen LogP contribution is -2.50. The Bertz CT molecular complexity index is 815. The average molecular weight is 505 g/mol. The van der Waals surface area contributed by atoms with Crippen molar-refractivity contribution < 1.29 is 28.6 Å². The molecule has 0 aromatic heterocycles. The Morgan fingerprint density at radius 3 is 2.33 bits per heavy atom. The van der Waals surface area contributed by atoms with E-state index in [-0.39, 0.29) is 6.42 Å². The molecule has 1 aromatic carbocycles. The number of hydrogen-bond donors (Lipinski definition) is 0. The Balaban J connectivity index is 2.29. The number of rotatable bonds is 5. The summed E-state index contributed by atoms with van der Waals surface area (Å²) in [6, 6.07) is 4.83. The van der Waals surface area contributed by atoms with Crippen LogP contribution in [0.15, 0.2) is 22.7 Å². The summed E-state index contributed by atoms with van der Waals surface area (Å²) in [5, 5.41) is 0.502. The zero-order valence-corrected chi connectivity index (χ0v) is 20.3. The van der Waals surface area contributed by atoms with E-state index in [1.54, 1.807) is 33.9 Å². The number of carbonyl (C=O) groups excluding carboxylic acids is 3. The van der Waals surface area contributed by atoms with Crippen molar-refractivity contribution in [1.29, 1.82) is 0 Å². The molecule has 0 aliphatic carbocycles. The number of carbonyl (C=O) groups is 3. The van der Waals surface area contributed by atoms with Gasteiger partial charge < -0.3 is 19.1 Å². The summed E-state index contributed by atoms with van der Waals surface area (Å²) in [6.45, 7) is 8.27. The molecule has 1 aliphatic rings. The maximum absolute atomic E-state index is 12.7. The van der Waals surface area contributed by atoms with Crippen molar-refractivity contribution in [3.8, 4) is 0 Å². The monoisotopic (exact) mass is 503 g/mol. The van der Waals surface area contributed by atoms with Gasteiger partial charge in [0.25, 0.3) is 5.79 Å². The van der Waals surface area contributed by atoms with E-state index in [1.165, 1.54) is 18.7 Å². The summed E-state index contributed by atoms with van der Waals surface area (Å²) >= 11 is 9.72. The number of hydrogen-bond acceptors (Lipinski definition) is 6. The fourth-order valence-corrected chi connectivity index (χ4v) is 3.76. The molecule has 1 amide bonds. The number of ether oxygens (including phenoxy) is 3. The maximum Gasteiger partial charge on any atom is 0.410 e. The first-order valence-electron chi connectivity index (χ1n) is 9.54. The lowest BCUT2D eigenvalue weighted by molar-refractivity contribution is -0.240. The minimum atomic E-state index is -1.31. The largest absolute Gasteiger partial charge is 0.444 e. The van der Waals surface area contributed by atoms with E-state index in [0.717, 1.165) is 10.0 Å². The van der Waals surface area contributed by atoms with E-state index >= 15 is 0 Å². The highest BCUT2D eigenvalue weighted by atomic mass is 79.9. The quantitative estimate of drug-likeness (QED) is 0.426. The molecule has 166 valence electrons. The van der Waals surface area contributed by atoms with Crippen molar-refractivity contribution in [2.45, 2.75) is 64.9 Å². The molecule has 1 saturated heterocycles. The summed E-state index contributed by atoms with van der Waals surface area (Å²) in [7, 11) is 1.56. The predicted octanol–water partition coefficient (Wildman–Crippen LogP) is 4.72. The zero-order valence-electron chi connectivity index (χ0n) is 18.0. The second-order valence-electron chi connectivity index (χ2n) is 8.72. The van der Waals surface area contributed by atoms with Crippen LogP contribution in [0.2, 0.25) is 5.02 Å². The second kappa shape index (κ2) is 9.14. The molecule has 7 nitrogen and oxygen atoms in total. The number of amides is 1. The van der Waals surface area contributed by atoms with E-state index in [1.807, 2.05) is 12.1 Å². The van der Waals surface area contributed by atoms with Crippen molar-refractivity contribution >= 4 is 45.6 Å². The third kappa shape index (κ3) is 6.60. The van der Waals surface area contributed by atoms with E-state index < -0.39 is 41.4 Å². The first kappa shape index (κ1) is 24.5. The van der Waals surface area contributed by atoms with Gasteiger partial charge in [-0.3, -0.25) is 9.59 Å². The van der Waals surface area contributed by atoms with Gasteiger partial charge in [-0.15, -0.1) is 0 Å². The molecule has 0 saturated carbocycles. The van der Waals surface area contributed by atoms with Crippen LogP contribution >= 0.6 is 27.5 Å². The molecule has 1 aromatic rings.